The van der Waals surface area contributed by atoms with Crippen LogP contribution in [0.1, 0.15) is 22.8 Å². The van der Waals surface area contributed by atoms with Crippen LogP contribution < -0.4 is 5.73 Å². The van der Waals surface area contributed by atoms with Crippen LogP contribution in [0.15, 0.2) is 41.6 Å². The fourth-order valence-electron chi connectivity index (χ4n) is 2.39. The molecule has 2 aromatic rings. The lowest BCUT2D eigenvalue weighted by Crippen LogP contribution is -2.23. The minimum absolute atomic E-state index is 0.0714. The quantitative estimate of drug-likeness (QED) is 0.195. The molecule has 0 aliphatic heterocycles. The van der Waals surface area contributed by atoms with Crippen LogP contribution in [-0.2, 0) is 16.0 Å². The number of Topliss-reactive ketones (excluding diaryl/α,β-unsaturated/α-hetero) is 1. The lowest BCUT2D eigenvalue weighted by molar-refractivity contribution is -0.138. The van der Waals surface area contributed by atoms with Gasteiger partial charge in [0.15, 0.2) is 17.4 Å². The van der Waals surface area contributed by atoms with E-state index in [1.54, 1.807) is 30.3 Å². The molecular weight excluding hydrogens is 382 g/mol. The highest BCUT2D eigenvalue weighted by atomic mass is 19.2. The van der Waals surface area contributed by atoms with Crippen LogP contribution in [0, 0.1) is 23.3 Å². The largest absolute Gasteiger partial charge is 0.504 e. The van der Waals surface area contributed by atoms with Crippen LogP contribution in [0.25, 0.3) is 0 Å². The second-order valence-electron chi connectivity index (χ2n) is 5.58. The number of esters is 1. The van der Waals surface area contributed by atoms with Crippen molar-refractivity contribution < 1.29 is 37.0 Å². The molecule has 0 saturated heterocycles. The summed E-state index contributed by atoms with van der Waals surface area (Å²) in [6.45, 7) is 1.42. The number of nitrogens with two attached hydrogens (primary N) is 1. The first-order valence-corrected chi connectivity index (χ1v) is 7.99. The fourth-order valence-corrected chi connectivity index (χ4v) is 2.39. The Morgan fingerprint density at radius 2 is 1.57 bits per heavy atom. The van der Waals surface area contributed by atoms with Gasteiger partial charge in [-0.3, -0.25) is 4.79 Å². The van der Waals surface area contributed by atoms with Crippen LogP contribution in [0.5, 0.6) is 5.75 Å². The van der Waals surface area contributed by atoms with Gasteiger partial charge < -0.3 is 15.6 Å². The highest BCUT2D eigenvalue weighted by Gasteiger charge is 2.32. The highest BCUT2D eigenvalue weighted by molar-refractivity contribution is 6.13. The summed E-state index contributed by atoms with van der Waals surface area (Å²) < 4.78 is 59.0. The molecule has 3 N–H and O–H groups in total. The van der Waals surface area contributed by atoms with Gasteiger partial charge in [-0.15, -0.1) is 0 Å². The van der Waals surface area contributed by atoms with Crippen LogP contribution in [-0.4, -0.2) is 23.5 Å². The maximum Gasteiger partial charge on any atom is 0.336 e. The minimum Gasteiger partial charge on any atom is -0.504 e. The normalized spacial score (nSPS) is 11.8. The van der Waals surface area contributed by atoms with E-state index in [2.05, 4.69) is 0 Å². The van der Waals surface area contributed by atoms with Crippen molar-refractivity contribution in [2.45, 2.75) is 13.3 Å². The van der Waals surface area contributed by atoms with Crippen molar-refractivity contribution in [3.8, 4) is 5.75 Å². The third kappa shape index (κ3) is 3.98. The van der Waals surface area contributed by atoms with Crippen LogP contribution >= 0.6 is 0 Å². The molecule has 0 spiro atoms. The number of hydrogen-bond donors (Lipinski definition) is 2. The molecule has 9 heteroatoms. The Kier molecular flexibility index (Phi) is 6.40. The number of allylic oxidation sites excluding steroid dienone is 1. The van der Waals surface area contributed by atoms with Crippen molar-refractivity contribution in [3.05, 3.63) is 76.0 Å². The number of benzene rings is 2. The van der Waals surface area contributed by atoms with Gasteiger partial charge in [0, 0.05) is 6.42 Å². The Hall–Kier alpha value is -3.36. The summed E-state index contributed by atoms with van der Waals surface area (Å²) in [6.07, 6.45) is -0.216. The number of halogens is 4. The average molecular weight is 397 g/mol. The highest BCUT2D eigenvalue weighted by Crippen LogP contribution is 2.31. The second kappa shape index (κ2) is 8.55. The fraction of sp³-hybridized carbons (Fsp3) is 0.158. The lowest BCUT2D eigenvalue weighted by atomic mass is 9.98. The van der Waals surface area contributed by atoms with Crippen molar-refractivity contribution >= 4 is 11.8 Å². The SMILES string of the molecule is CCOC(=O)C(Cc1ccccc1)=C(N)C(=O)c1c(O)c(F)c(F)c(F)c1F. The van der Waals surface area contributed by atoms with Crippen molar-refractivity contribution in [3.63, 3.8) is 0 Å². The molecule has 0 bridgehead atoms. The van der Waals surface area contributed by atoms with E-state index in [1.165, 1.54) is 6.92 Å². The standard InChI is InChI=1S/C19H15F4NO4/c1-2-28-19(27)10(8-9-6-4-3-5-7-9)16(24)18(26)11-12(20)13(21)14(22)15(23)17(11)25/h3-7,25H,2,8,24H2,1H3. The predicted molar refractivity (Wildman–Crippen MR) is 90.3 cm³/mol. The first-order chi connectivity index (χ1) is 13.2. The molecule has 28 heavy (non-hydrogen) atoms. The number of ketones is 1. The molecular formula is C19H15F4NO4. The molecule has 2 rings (SSSR count). The summed E-state index contributed by atoms with van der Waals surface area (Å²) in [4.78, 5) is 24.7. The predicted octanol–water partition coefficient (Wildman–Crippen LogP) is 3.15. The second-order valence-corrected chi connectivity index (χ2v) is 5.58. The molecule has 148 valence electrons. The number of ether oxygens (including phenoxy) is 1. The molecule has 2 aromatic carbocycles. The molecule has 0 aromatic heterocycles. The molecule has 0 saturated carbocycles. The van der Waals surface area contributed by atoms with Crippen molar-refractivity contribution in [2.75, 3.05) is 6.61 Å². The number of rotatable bonds is 6. The number of carbonyl (C=O) groups is 2. The molecule has 5 nitrogen and oxygen atoms in total. The zero-order valence-electron chi connectivity index (χ0n) is 14.6. The number of hydrogen-bond acceptors (Lipinski definition) is 5. The van der Waals surface area contributed by atoms with Crippen molar-refractivity contribution in [2.24, 2.45) is 5.73 Å². The van der Waals surface area contributed by atoms with Crippen LogP contribution in [0.4, 0.5) is 17.6 Å². The van der Waals surface area contributed by atoms with Gasteiger partial charge >= 0.3 is 5.97 Å². The Balaban J connectivity index is 2.62. The van der Waals surface area contributed by atoms with E-state index in [4.69, 9.17) is 10.5 Å². The molecule has 0 heterocycles. The molecule has 0 radical (unpaired) electrons. The third-order valence-corrected chi connectivity index (χ3v) is 3.78. The smallest absolute Gasteiger partial charge is 0.336 e. The van der Waals surface area contributed by atoms with Crippen molar-refractivity contribution in [1.82, 2.24) is 0 Å². The van der Waals surface area contributed by atoms with Gasteiger partial charge in [-0.2, -0.15) is 4.39 Å². The van der Waals surface area contributed by atoms with Gasteiger partial charge in [0.1, 0.15) is 5.56 Å². The zero-order valence-corrected chi connectivity index (χ0v) is 14.6. The summed E-state index contributed by atoms with van der Waals surface area (Å²) in [7, 11) is 0. The van der Waals surface area contributed by atoms with E-state index < -0.39 is 57.6 Å². The van der Waals surface area contributed by atoms with E-state index in [9.17, 15) is 32.3 Å². The van der Waals surface area contributed by atoms with Gasteiger partial charge in [-0.1, -0.05) is 30.3 Å². The van der Waals surface area contributed by atoms with E-state index in [0.717, 1.165) is 0 Å². The summed E-state index contributed by atoms with van der Waals surface area (Å²) in [5.41, 5.74) is 3.35. The molecule has 0 unspecified atom stereocenters. The van der Waals surface area contributed by atoms with Gasteiger partial charge in [0.05, 0.1) is 17.9 Å². The minimum atomic E-state index is -2.30. The number of aromatic hydroxyl groups is 1. The molecule has 0 amide bonds. The topological polar surface area (TPSA) is 89.6 Å². The Morgan fingerprint density at radius 1 is 1.00 bits per heavy atom. The lowest BCUT2D eigenvalue weighted by Gasteiger charge is -2.13. The number of phenols is 1. The first-order valence-electron chi connectivity index (χ1n) is 7.99. The van der Waals surface area contributed by atoms with E-state index in [1.807, 2.05) is 0 Å². The van der Waals surface area contributed by atoms with Gasteiger partial charge in [-0.25, -0.2) is 18.0 Å². The monoisotopic (exact) mass is 397 g/mol. The van der Waals surface area contributed by atoms with Crippen molar-refractivity contribution in [1.29, 1.82) is 0 Å². The maximum atomic E-state index is 14.0. The zero-order chi connectivity index (χ0) is 21.0. The van der Waals surface area contributed by atoms with Crippen LogP contribution in [0.2, 0.25) is 0 Å². The molecule has 0 aliphatic rings. The van der Waals surface area contributed by atoms with E-state index in [0.29, 0.717) is 5.56 Å². The third-order valence-electron chi connectivity index (χ3n) is 3.78. The average Bonchev–Trinajstić information content (AvgIpc) is 2.69. The molecule has 0 aliphatic carbocycles. The molecule has 0 fully saturated rings. The summed E-state index contributed by atoms with van der Waals surface area (Å²) in [5.74, 6) is -13.2. The number of carbonyl (C=O) groups excluding carboxylic acids is 2. The Bertz CT molecular complexity index is 929. The summed E-state index contributed by atoms with van der Waals surface area (Å²) in [6, 6.07) is 8.19. The van der Waals surface area contributed by atoms with Gasteiger partial charge in [0.2, 0.25) is 17.4 Å². The molecule has 0 atom stereocenters. The van der Waals surface area contributed by atoms with Gasteiger partial charge in [-0.05, 0) is 12.5 Å². The summed E-state index contributed by atoms with van der Waals surface area (Å²) >= 11 is 0. The van der Waals surface area contributed by atoms with E-state index >= 15 is 0 Å². The first kappa shape index (κ1) is 20.9. The number of phenolic OH excluding ortho intramolecular Hbond substituents is 1. The maximum absolute atomic E-state index is 14.0. The van der Waals surface area contributed by atoms with Crippen LogP contribution in [0.3, 0.4) is 0 Å². The Morgan fingerprint density at radius 3 is 2.14 bits per heavy atom. The Labute approximate surface area is 157 Å². The van der Waals surface area contributed by atoms with Gasteiger partial charge in [0.25, 0.3) is 0 Å². The summed E-state index contributed by atoms with van der Waals surface area (Å²) in [5, 5.41) is 9.58. The van der Waals surface area contributed by atoms with E-state index in [-0.39, 0.29) is 13.0 Å².